The summed E-state index contributed by atoms with van der Waals surface area (Å²) >= 11 is 0. The summed E-state index contributed by atoms with van der Waals surface area (Å²) in [6.07, 6.45) is 1.05. The predicted octanol–water partition coefficient (Wildman–Crippen LogP) is 2.24. The largest absolute Gasteiger partial charge is 0.337 e. The number of nitrogens with one attached hydrogen (secondary N) is 1. The Morgan fingerprint density at radius 1 is 1.39 bits per heavy atom. The quantitative estimate of drug-likeness (QED) is 0.887. The van der Waals surface area contributed by atoms with Gasteiger partial charge in [-0.3, -0.25) is 4.79 Å². The van der Waals surface area contributed by atoms with Gasteiger partial charge in [-0.25, -0.2) is 0 Å². The molecule has 1 saturated heterocycles. The molecule has 0 spiro atoms. The van der Waals surface area contributed by atoms with E-state index in [1.165, 1.54) is 0 Å². The fourth-order valence-electron chi connectivity index (χ4n) is 2.52. The molecule has 1 aliphatic heterocycles. The van der Waals surface area contributed by atoms with Crippen molar-refractivity contribution in [1.82, 2.24) is 10.2 Å². The molecule has 0 unspecified atom stereocenters. The number of carbonyl (C=O) groups excluding carboxylic acids is 1. The van der Waals surface area contributed by atoms with Gasteiger partial charge in [-0.05, 0) is 30.5 Å². The summed E-state index contributed by atoms with van der Waals surface area (Å²) in [7, 11) is 1.91. The molecule has 0 aliphatic carbocycles. The van der Waals surface area contributed by atoms with Gasteiger partial charge in [0.1, 0.15) is 0 Å². The van der Waals surface area contributed by atoms with Crippen LogP contribution in [0.15, 0.2) is 24.3 Å². The first-order valence-corrected chi connectivity index (χ1v) is 6.68. The molecule has 0 saturated carbocycles. The third-order valence-corrected chi connectivity index (χ3v) is 3.72. The lowest BCUT2D eigenvalue weighted by molar-refractivity contribution is 0.0742. The number of likely N-dealkylation sites (N-methyl/N-ethyl adjacent to an activating group) is 1. The van der Waals surface area contributed by atoms with Crippen molar-refractivity contribution in [3.8, 4) is 0 Å². The van der Waals surface area contributed by atoms with Gasteiger partial charge in [-0.1, -0.05) is 32.0 Å². The van der Waals surface area contributed by atoms with Crippen LogP contribution in [0.1, 0.15) is 42.1 Å². The highest BCUT2D eigenvalue weighted by molar-refractivity contribution is 5.96. The molecule has 1 atom stereocenters. The highest BCUT2D eigenvalue weighted by Crippen LogP contribution is 2.21. The standard InChI is InChI=1S/C15H22N2O/c1-11(2)13-6-4-5-7-14(13)15(18)17(3)12-8-9-16-10-12/h4-7,11-12,16H,8-10H2,1-3H3/t12-/m0/s1. The van der Waals surface area contributed by atoms with Crippen LogP contribution in [0.2, 0.25) is 0 Å². The number of hydrogen-bond donors (Lipinski definition) is 1. The van der Waals surface area contributed by atoms with Gasteiger partial charge in [0.2, 0.25) is 0 Å². The van der Waals surface area contributed by atoms with Gasteiger partial charge >= 0.3 is 0 Å². The lowest BCUT2D eigenvalue weighted by Gasteiger charge is -2.25. The molecule has 0 radical (unpaired) electrons. The van der Waals surface area contributed by atoms with E-state index >= 15 is 0 Å². The Hall–Kier alpha value is -1.35. The Kier molecular flexibility index (Phi) is 4.02. The zero-order valence-electron chi connectivity index (χ0n) is 11.4. The molecular formula is C15H22N2O. The normalized spacial score (nSPS) is 19.2. The van der Waals surface area contributed by atoms with Crippen molar-refractivity contribution in [2.24, 2.45) is 0 Å². The van der Waals surface area contributed by atoms with Crippen molar-refractivity contribution in [3.63, 3.8) is 0 Å². The molecule has 1 fully saturated rings. The van der Waals surface area contributed by atoms with E-state index in [0.29, 0.717) is 12.0 Å². The molecule has 3 nitrogen and oxygen atoms in total. The SMILES string of the molecule is CC(C)c1ccccc1C(=O)N(C)[C@H]1CCNC1. The van der Waals surface area contributed by atoms with Crippen LogP contribution < -0.4 is 5.32 Å². The van der Waals surface area contributed by atoms with Gasteiger partial charge in [-0.2, -0.15) is 0 Å². The molecule has 3 heteroatoms. The Labute approximate surface area is 109 Å². The fraction of sp³-hybridized carbons (Fsp3) is 0.533. The van der Waals surface area contributed by atoms with Gasteiger partial charge in [0.15, 0.2) is 0 Å². The second kappa shape index (κ2) is 5.53. The lowest BCUT2D eigenvalue weighted by Crippen LogP contribution is -2.38. The van der Waals surface area contributed by atoms with Crippen LogP contribution in [0.25, 0.3) is 0 Å². The number of rotatable bonds is 3. The van der Waals surface area contributed by atoms with Crippen molar-refractivity contribution >= 4 is 5.91 Å². The van der Waals surface area contributed by atoms with Crippen molar-refractivity contribution in [3.05, 3.63) is 35.4 Å². The lowest BCUT2D eigenvalue weighted by atomic mass is 9.96. The first kappa shape index (κ1) is 13.1. The summed E-state index contributed by atoms with van der Waals surface area (Å²) in [6.45, 7) is 6.17. The monoisotopic (exact) mass is 246 g/mol. The van der Waals surface area contributed by atoms with Gasteiger partial charge in [0, 0.05) is 25.2 Å². The number of benzene rings is 1. The average Bonchev–Trinajstić information content (AvgIpc) is 2.90. The van der Waals surface area contributed by atoms with Crippen LogP contribution in [0.4, 0.5) is 0 Å². The molecule has 1 heterocycles. The summed E-state index contributed by atoms with van der Waals surface area (Å²) in [5.74, 6) is 0.522. The van der Waals surface area contributed by atoms with Crippen LogP contribution in [0.3, 0.4) is 0 Å². The van der Waals surface area contributed by atoms with Crippen LogP contribution in [-0.4, -0.2) is 37.0 Å². The zero-order valence-corrected chi connectivity index (χ0v) is 11.4. The molecule has 1 aromatic rings. The second-order valence-electron chi connectivity index (χ2n) is 5.30. The molecule has 98 valence electrons. The summed E-state index contributed by atoms with van der Waals surface area (Å²) in [5.41, 5.74) is 1.99. The highest BCUT2D eigenvalue weighted by Gasteiger charge is 2.25. The van der Waals surface area contributed by atoms with Crippen LogP contribution in [0, 0.1) is 0 Å². The topological polar surface area (TPSA) is 32.3 Å². The third kappa shape index (κ3) is 2.56. The second-order valence-corrected chi connectivity index (χ2v) is 5.30. The highest BCUT2D eigenvalue weighted by atomic mass is 16.2. The molecule has 1 aromatic carbocycles. The maximum absolute atomic E-state index is 12.6. The Balaban J connectivity index is 2.22. The molecule has 2 rings (SSSR count). The molecular weight excluding hydrogens is 224 g/mol. The van der Waals surface area contributed by atoms with E-state index in [0.717, 1.165) is 30.6 Å². The van der Waals surface area contributed by atoms with E-state index < -0.39 is 0 Å². The van der Waals surface area contributed by atoms with E-state index in [4.69, 9.17) is 0 Å². The van der Waals surface area contributed by atoms with Gasteiger partial charge in [-0.15, -0.1) is 0 Å². The number of carbonyl (C=O) groups is 1. The molecule has 1 aliphatic rings. The zero-order chi connectivity index (χ0) is 13.1. The van der Waals surface area contributed by atoms with Crippen molar-refractivity contribution < 1.29 is 4.79 Å². The van der Waals surface area contributed by atoms with E-state index in [-0.39, 0.29) is 5.91 Å². The Morgan fingerprint density at radius 3 is 2.72 bits per heavy atom. The summed E-state index contributed by atoms with van der Waals surface area (Å²) < 4.78 is 0. The number of hydrogen-bond acceptors (Lipinski definition) is 2. The van der Waals surface area contributed by atoms with Gasteiger partial charge < -0.3 is 10.2 Å². The van der Waals surface area contributed by atoms with Crippen LogP contribution in [0.5, 0.6) is 0 Å². The van der Waals surface area contributed by atoms with Crippen molar-refractivity contribution in [2.75, 3.05) is 20.1 Å². The van der Waals surface area contributed by atoms with Gasteiger partial charge in [0.05, 0.1) is 0 Å². The Bertz CT molecular complexity index is 422. The van der Waals surface area contributed by atoms with Crippen molar-refractivity contribution in [1.29, 1.82) is 0 Å². The first-order chi connectivity index (χ1) is 8.61. The third-order valence-electron chi connectivity index (χ3n) is 3.72. The van der Waals surface area contributed by atoms with Crippen LogP contribution >= 0.6 is 0 Å². The predicted molar refractivity (Wildman–Crippen MR) is 73.9 cm³/mol. The minimum atomic E-state index is 0.146. The summed E-state index contributed by atoms with van der Waals surface area (Å²) in [6, 6.07) is 8.27. The van der Waals surface area contributed by atoms with E-state index in [1.807, 2.05) is 30.1 Å². The fourth-order valence-corrected chi connectivity index (χ4v) is 2.52. The smallest absolute Gasteiger partial charge is 0.254 e. The minimum absolute atomic E-state index is 0.146. The molecule has 0 bridgehead atoms. The number of amides is 1. The van der Waals surface area contributed by atoms with E-state index in [9.17, 15) is 4.79 Å². The maximum atomic E-state index is 12.6. The molecule has 18 heavy (non-hydrogen) atoms. The first-order valence-electron chi connectivity index (χ1n) is 6.68. The van der Waals surface area contributed by atoms with Crippen molar-refractivity contribution in [2.45, 2.75) is 32.2 Å². The molecule has 1 amide bonds. The van der Waals surface area contributed by atoms with Gasteiger partial charge in [0.25, 0.3) is 5.91 Å². The van der Waals surface area contributed by atoms with E-state index in [1.54, 1.807) is 0 Å². The molecule has 1 N–H and O–H groups in total. The number of nitrogens with zero attached hydrogens (tertiary/aromatic N) is 1. The van der Waals surface area contributed by atoms with E-state index in [2.05, 4.69) is 25.2 Å². The summed E-state index contributed by atoms with van der Waals surface area (Å²) in [5, 5.41) is 3.30. The van der Waals surface area contributed by atoms with Crippen LogP contribution in [-0.2, 0) is 0 Å². The maximum Gasteiger partial charge on any atom is 0.254 e. The minimum Gasteiger partial charge on any atom is -0.337 e. The average molecular weight is 246 g/mol. The molecule has 0 aromatic heterocycles. The Morgan fingerprint density at radius 2 is 2.11 bits per heavy atom. The summed E-state index contributed by atoms with van der Waals surface area (Å²) in [4.78, 5) is 14.4.